The number of ketones is 1. The molecule has 0 aliphatic heterocycles. The third-order valence-corrected chi connectivity index (χ3v) is 11.8. The van der Waals surface area contributed by atoms with Gasteiger partial charge in [-0.3, -0.25) is 14.4 Å². The number of esters is 2. The first kappa shape index (κ1) is 25.2. The van der Waals surface area contributed by atoms with Crippen molar-refractivity contribution in [3.05, 3.63) is 0 Å². The normalized spacial score (nSPS) is 45.4. The molecule has 0 aromatic rings. The summed E-state index contributed by atoms with van der Waals surface area (Å²) in [5.41, 5.74) is 0.0448. The summed E-state index contributed by atoms with van der Waals surface area (Å²) in [4.78, 5) is 36.5. The van der Waals surface area contributed by atoms with E-state index in [0.29, 0.717) is 54.1 Å². The van der Waals surface area contributed by atoms with E-state index in [2.05, 4.69) is 36.7 Å². The highest BCUT2D eigenvalue weighted by molar-refractivity contribution is 9.10. The van der Waals surface area contributed by atoms with E-state index in [9.17, 15) is 14.4 Å². The minimum Gasteiger partial charge on any atom is -0.469 e. The summed E-state index contributed by atoms with van der Waals surface area (Å²) in [6.45, 7) is 8.58. The van der Waals surface area contributed by atoms with Crippen LogP contribution in [0.3, 0.4) is 0 Å². The van der Waals surface area contributed by atoms with Crippen molar-refractivity contribution in [1.29, 1.82) is 0 Å². The Morgan fingerprint density at radius 2 is 1.82 bits per heavy atom. The van der Waals surface area contributed by atoms with Crippen LogP contribution in [0.5, 0.6) is 0 Å². The van der Waals surface area contributed by atoms with Gasteiger partial charge in [0.1, 0.15) is 11.9 Å². The summed E-state index contributed by atoms with van der Waals surface area (Å²) in [6.07, 6.45) is 8.23. The minimum atomic E-state index is -0.194. The number of rotatable bonds is 5. The van der Waals surface area contributed by atoms with E-state index in [0.717, 1.165) is 38.5 Å². The van der Waals surface area contributed by atoms with Gasteiger partial charge >= 0.3 is 11.9 Å². The zero-order valence-corrected chi connectivity index (χ0v) is 22.5. The van der Waals surface area contributed by atoms with Crippen LogP contribution in [0, 0.1) is 46.3 Å². The lowest BCUT2D eigenvalue weighted by atomic mass is 9.43. The molecular formula is C27H41BrO5. The molecule has 10 atom stereocenters. The molecule has 0 saturated heterocycles. The monoisotopic (exact) mass is 524 g/mol. The third kappa shape index (κ3) is 4.10. The third-order valence-electron chi connectivity index (χ3n) is 10.7. The first-order valence-electron chi connectivity index (χ1n) is 12.9. The van der Waals surface area contributed by atoms with Crippen molar-refractivity contribution in [1.82, 2.24) is 0 Å². The fraction of sp³-hybridized carbons (Fsp3) is 0.889. The van der Waals surface area contributed by atoms with Crippen molar-refractivity contribution in [2.24, 2.45) is 46.3 Å². The zero-order valence-electron chi connectivity index (χ0n) is 20.9. The highest BCUT2D eigenvalue weighted by Gasteiger charge is 2.65. The summed E-state index contributed by atoms with van der Waals surface area (Å²) >= 11 is 3.76. The van der Waals surface area contributed by atoms with Crippen LogP contribution >= 0.6 is 15.9 Å². The Kier molecular flexibility index (Phi) is 7.08. The van der Waals surface area contributed by atoms with E-state index in [1.165, 1.54) is 20.5 Å². The Hall–Kier alpha value is -0.910. The highest BCUT2D eigenvalue weighted by Crippen LogP contribution is 2.69. The van der Waals surface area contributed by atoms with E-state index in [4.69, 9.17) is 9.47 Å². The van der Waals surface area contributed by atoms with E-state index in [1.807, 2.05) is 0 Å². The number of alkyl halides is 1. The van der Waals surface area contributed by atoms with Crippen LogP contribution in [0.25, 0.3) is 0 Å². The van der Waals surface area contributed by atoms with Crippen LogP contribution in [-0.4, -0.2) is 35.8 Å². The van der Waals surface area contributed by atoms with E-state index in [1.54, 1.807) is 0 Å². The van der Waals surface area contributed by atoms with Crippen molar-refractivity contribution in [3.63, 3.8) is 0 Å². The molecule has 0 heterocycles. The summed E-state index contributed by atoms with van der Waals surface area (Å²) in [6, 6.07) is 0. The van der Waals surface area contributed by atoms with Crippen LogP contribution in [-0.2, 0) is 23.9 Å². The van der Waals surface area contributed by atoms with Crippen molar-refractivity contribution in [2.45, 2.75) is 96.4 Å². The number of ether oxygens (including phenoxy) is 2. The topological polar surface area (TPSA) is 69.7 Å². The van der Waals surface area contributed by atoms with Gasteiger partial charge in [-0.25, -0.2) is 0 Å². The Bertz CT molecular complexity index is 797. The second-order valence-corrected chi connectivity index (χ2v) is 12.9. The second-order valence-electron chi connectivity index (χ2n) is 11.9. The quantitative estimate of drug-likeness (QED) is 0.339. The molecule has 0 radical (unpaired) electrons. The van der Waals surface area contributed by atoms with Gasteiger partial charge in [-0.2, -0.15) is 0 Å². The fourth-order valence-electron chi connectivity index (χ4n) is 9.01. The molecule has 0 N–H and O–H groups in total. The van der Waals surface area contributed by atoms with Gasteiger partial charge in [0, 0.05) is 25.2 Å². The molecule has 6 heteroatoms. The molecule has 0 aromatic heterocycles. The van der Waals surface area contributed by atoms with Gasteiger partial charge < -0.3 is 9.47 Å². The number of carbonyl (C=O) groups excluding carboxylic acids is 3. The molecule has 186 valence electrons. The van der Waals surface area contributed by atoms with Crippen LogP contribution in [0.1, 0.15) is 85.5 Å². The minimum absolute atomic E-state index is 0.0349. The van der Waals surface area contributed by atoms with Crippen molar-refractivity contribution >= 4 is 33.7 Å². The number of halogens is 1. The van der Waals surface area contributed by atoms with Gasteiger partial charge in [-0.1, -0.05) is 36.7 Å². The van der Waals surface area contributed by atoms with Gasteiger partial charge in [0.05, 0.1) is 11.9 Å². The number of fused-ring (bicyclic) bond motifs is 5. The summed E-state index contributed by atoms with van der Waals surface area (Å²) < 4.78 is 11.0. The van der Waals surface area contributed by atoms with Crippen molar-refractivity contribution in [3.8, 4) is 0 Å². The Balaban J connectivity index is 1.64. The average molecular weight is 526 g/mol. The zero-order chi connectivity index (χ0) is 24.1. The van der Waals surface area contributed by atoms with Crippen LogP contribution < -0.4 is 0 Å². The molecule has 4 aliphatic carbocycles. The molecule has 0 aromatic carbocycles. The lowest BCUT2D eigenvalue weighted by molar-refractivity contribution is -0.192. The highest BCUT2D eigenvalue weighted by atomic mass is 79.9. The second kappa shape index (κ2) is 9.28. The van der Waals surface area contributed by atoms with Gasteiger partial charge in [-0.05, 0) is 85.9 Å². The average Bonchev–Trinajstić information content (AvgIpc) is 3.13. The maximum atomic E-state index is 12.5. The van der Waals surface area contributed by atoms with Gasteiger partial charge in [0.2, 0.25) is 0 Å². The molecule has 4 saturated carbocycles. The van der Waals surface area contributed by atoms with Crippen LogP contribution in [0.15, 0.2) is 0 Å². The molecule has 3 unspecified atom stereocenters. The molecule has 33 heavy (non-hydrogen) atoms. The molecule has 5 nitrogen and oxygen atoms in total. The molecule has 0 spiro atoms. The molecule has 0 bridgehead atoms. The number of Topliss-reactive ketones (excluding diaryl/α,β-unsaturated/α-hetero) is 1. The summed E-state index contributed by atoms with van der Waals surface area (Å²) in [7, 11) is 1.45. The van der Waals surface area contributed by atoms with Crippen LogP contribution in [0.2, 0.25) is 0 Å². The summed E-state index contributed by atoms with van der Waals surface area (Å²) in [5.74, 6) is 2.82. The molecular weight excluding hydrogens is 484 g/mol. The smallest absolute Gasteiger partial charge is 0.305 e. The van der Waals surface area contributed by atoms with E-state index in [-0.39, 0.29) is 33.7 Å². The predicted molar refractivity (Wildman–Crippen MR) is 130 cm³/mol. The fourth-order valence-corrected chi connectivity index (χ4v) is 10.1. The number of carbonyl (C=O) groups is 3. The first-order valence-corrected chi connectivity index (χ1v) is 13.9. The maximum absolute atomic E-state index is 12.5. The van der Waals surface area contributed by atoms with Gasteiger partial charge in [0.25, 0.3) is 0 Å². The standard InChI is InChI=1S/C27H41BrO5/c1-15(6-11-24(31)32-5)18-9-10-19-17-7-8-20-25(28)22(30)12-13-26(20,3)21(17)14-23(27(18,19)4)33-16(2)29/h15,17-21,23,25H,6-14H2,1-5H3/t15-,17+,18-,19+,20?,21+,23?,25?,26+,27-/m1/s1. The lowest BCUT2D eigenvalue weighted by Gasteiger charge is -2.62. The number of hydrogen-bond acceptors (Lipinski definition) is 5. The van der Waals surface area contributed by atoms with Gasteiger partial charge in [0.15, 0.2) is 0 Å². The Morgan fingerprint density at radius 3 is 2.48 bits per heavy atom. The van der Waals surface area contributed by atoms with Crippen molar-refractivity contribution in [2.75, 3.05) is 7.11 Å². The first-order chi connectivity index (χ1) is 15.5. The Morgan fingerprint density at radius 1 is 1.12 bits per heavy atom. The molecule has 4 aliphatic rings. The largest absolute Gasteiger partial charge is 0.469 e. The molecule has 4 rings (SSSR count). The number of methoxy groups -OCH3 is 1. The van der Waals surface area contributed by atoms with Crippen molar-refractivity contribution < 1.29 is 23.9 Å². The maximum Gasteiger partial charge on any atom is 0.305 e. The predicted octanol–water partition coefficient (Wildman–Crippen LogP) is 5.72. The van der Waals surface area contributed by atoms with Gasteiger partial charge in [-0.15, -0.1) is 0 Å². The summed E-state index contributed by atoms with van der Waals surface area (Å²) in [5, 5.41) is 0. The SMILES string of the molecule is COC(=O)CC[C@@H](C)[C@H]1CC[C@H]2[C@@H]3CCC4C(Br)C(=O)CC[C@]4(C)[C@H]3CC(OC(C)=O)[C@]12C. The molecule has 4 fully saturated rings. The van der Waals surface area contributed by atoms with Crippen LogP contribution in [0.4, 0.5) is 0 Å². The lowest BCUT2D eigenvalue weighted by Crippen LogP contribution is -2.60. The van der Waals surface area contributed by atoms with E-state index >= 15 is 0 Å². The molecule has 0 amide bonds. The van der Waals surface area contributed by atoms with E-state index < -0.39 is 0 Å². The Labute approximate surface area is 207 Å². The number of hydrogen-bond donors (Lipinski definition) is 0.